The fourth-order valence-corrected chi connectivity index (χ4v) is 3.26. The maximum atomic E-state index is 11.7. The molecule has 1 aliphatic heterocycles. The van der Waals surface area contributed by atoms with Crippen LogP contribution in [0.1, 0.15) is 18.5 Å². The molecule has 22 heavy (non-hydrogen) atoms. The van der Waals surface area contributed by atoms with Crippen molar-refractivity contribution in [3.05, 3.63) is 44.5 Å². The molecule has 1 aromatic carbocycles. The zero-order valence-corrected chi connectivity index (χ0v) is 14.4. The average Bonchev–Trinajstić information content (AvgIpc) is 2.81. The van der Waals surface area contributed by atoms with E-state index in [0.29, 0.717) is 31.6 Å². The quantitative estimate of drug-likeness (QED) is 0.811. The van der Waals surface area contributed by atoms with Crippen LogP contribution >= 0.6 is 39.1 Å². The molecule has 1 N–H and O–H groups in total. The predicted octanol–water partition coefficient (Wildman–Crippen LogP) is 4.35. The van der Waals surface area contributed by atoms with Crippen molar-refractivity contribution in [3.63, 3.8) is 0 Å². The highest BCUT2D eigenvalue weighted by atomic mass is 79.9. The lowest BCUT2D eigenvalue weighted by Gasteiger charge is -2.29. The van der Waals surface area contributed by atoms with Crippen molar-refractivity contribution in [2.24, 2.45) is 10.9 Å². The minimum Gasteiger partial charge on any atom is -0.481 e. The molecule has 114 valence electrons. The van der Waals surface area contributed by atoms with Crippen molar-refractivity contribution in [2.75, 3.05) is 0 Å². The Morgan fingerprint density at radius 2 is 2.09 bits per heavy atom. The Kier molecular flexibility index (Phi) is 4.01. The van der Waals surface area contributed by atoms with Gasteiger partial charge in [-0.3, -0.25) is 4.79 Å². The molecule has 0 fully saturated rings. The second-order valence-electron chi connectivity index (χ2n) is 4.95. The van der Waals surface area contributed by atoms with Crippen LogP contribution in [-0.2, 0) is 4.79 Å². The Balaban J connectivity index is 2.22. The van der Waals surface area contributed by atoms with Crippen molar-refractivity contribution in [1.29, 1.82) is 0 Å². The van der Waals surface area contributed by atoms with Gasteiger partial charge in [-0.25, -0.2) is 9.67 Å². The number of carboxylic acids is 1. The summed E-state index contributed by atoms with van der Waals surface area (Å²) in [4.78, 5) is 16.1. The highest BCUT2D eigenvalue weighted by Gasteiger charge is 2.39. The summed E-state index contributed by atoms with van der Waals surface area (Å²) < 4.78 is 2.30. The van der Waals surface area contributed by atoms with Gasteiger partial charge in [-0.2, -0.15) is 5.10 Å². The first-order valence-corrected chi connectivity index (χ1v) is 7.91. The van der Waals surface area contributed by atoms with Crippen LogP contribution in [0.3, 0.4) is 0 Å². The Labute approximate surface area is 144 Å². The largest absolute Gasteiger partial charge is 0.481 e. The van der Waals surface area contributed by atoms with Crippen LogP contribution in [-0.4, -0.2) is 26.6 Å². The van der Waals surface area contributed by atoms with Gasteiger partial charge in [0.2, 0.25) is 0 Å². The molecule has 1 aliphatic rings. The Hall–Kier alpha value is -1.37. The number of hydrogen-bond donors (Lipinski definition) is 1. The van der Waals surface area contributed by atoms with E-state index in [1.54, 1.807) is 36.0 Å². The van der Waals surface area contributed by atoms with Crippen LogP contribution in [0.4, 0.5) is 5.82 Å². The van der Waals surface area contributed by atoms with Crippen LogP contribution in [0, 0.1) is 5.92 Å². The molecule has 2 heterocycles. The van der Waals surface area contributed by atoms with Gasteiger partial charge in [-0.05, 0) is 40.5 Å². The van der Waals surface area contributed by atoms with Gasteiger partial charge in [0.05, 0.1) is 26.8 Å². The molecule has 2 unspecified atom stereocenters. The zero-order chi connectivity index (χ0) is 16.0. The van der Waals surface area contributed by atoms with Crippen molar-refractivity contribution in [2.45, 2.75) is 13.0 Å². The van der Waals surface area contributed by atoms with Gasteiger partial charge in [0.15, 0.2) is 5.82 Å². The SMILES string of the molecule is CC1=Nc2c(Br)cnn2C(c2ccc(Cl)c(Cl)c2)C1C(=O)O. The highest BCUT2D eigenvalue weighted by molar-refractivity contribution is 9.10. The molecule has 2 atom stereocenters. The summed E-state index contributed by atoms with van der Waals surface area (Å²) in [6, 6.07) is 4.54. The van der Waals surface area contributed by atoms with E-state index in [9.17, 15) is 9.90 Å². The van der Waals surface area contributed by atoms with Gasteiger partial charge in [0, 0.05) is 5.71 Å². The second-order valence-corrected chi connectivity index (χ2v) is 6.62. The summed E-state index contributed by atoms with van der Waals surface area (Å²) in [6.45, 7) is 1.70. The highest BCUT2D eigenvalue weighted by Crippen LogP contribution is 2.40. The molecular formula is C14H10BrCl2N3O2. The van der Waals surface area contributed by atoms with E-state index in [1.807, 2.05) is 0 Å². The molecule has 0 amide bonds. The van der Waals surface area contributed by atoms with E-state index in [1.165, 1.54) is 0 Å². The number of fused-ring (bicyclic) bond motifs is 1. The maximum absolute atomic E-state index is 11.7. The fraction of sp³-hybridized carbons (Fsp3) is 0.214. The number of carbonyl (C=O) groups is 1. The van der Waals surface area contributed by atoms with Crippen LogP contribution in [0.25, 0.3) is 0 Å². The van der Waals surface area contributed by atoms with E-state index >= 15 is 0 Å². The van der Waals surface area contributed by atoms with E-state index in [0.717, 1.165) is 0 Å². The lowest BCUT2D eigenvalue weighted by Crippen LogP contribution is -2.35. The summed E-state index contributed by atoms with van der Waals surface area (Å²) in [5.41, 5.74) is 1.23. The summed E-state index contributed by atoms with van der Waals surface area (Å²) in [5, 5.41) is 14.6. The number of halogens is 3. The van der Waals surface area contributed by atoms with Crippen LogP contribution in [0.5, 0.6) is 0 Å². The number of hydrogen-bond acceptors (Lipinski definition) is 3. The van der Waals surface area contributed by atoms with Crippen molar-refractivity contribution in [1.82, 2.24) is 9.78 Å². The summed E-state index contributed by atoms with van der Waals surface area (Å²) in [5.74, 6) is -1.20. The van der Waals surface area contributed by atoms with Crippen LogP contribution in [0.15, 0.2) is 33.9 Å². The van der Waals surface area contributed by atoms with Gasteiger partial charge < -0.3 is 5.11 Å². The molecule has 5 nitrogen and oxygen atoms in total. The first-order chi connectivity index (χ1) is 10.4. The number of rotatable bonds is 2. The van der Waals surface area contributed by atoms with Crippen molar-refractivity contribution >= 4 is 56.6 Å². The van der Waals surface area contributed by atoms with Gasteiger partial charge in [0.25, 0.3) is 0 Å². The number of benzene rings is 1. The lowest BCUT2D eigenvalue weighted by atomic mass is 9.88. The van der Waals surface area contributed by atoms with Crippen molar-refractivity contribution < 1.29 is 9.90 Å². The Bertz CT molecular complexity index is 803. The van der Waals surface area contributed by atoms with Gasteiger partial charge >= 0.3 is 5.97 Å². The van der Waals surface area contributed by atoms with Crippen LogP contribution in [0.2, 0.25) is 10.0 Å². The number of aromatic nitrogens is 2. The zero-order valence-electron chi connectivity index (χ0n) is 11.3. The van der Waals surface area contributed by atoms with Gasteiger partial charge in [-0.15, -0.1) is 0 Å². The molecule has 0 bridgehead atoms. The fourth-order valence-electron chi connectivity index (χ4n) is 2.59. The summed E-state index contributed by atoms with van der Waals surface area (Å²) in [7, 11) is 0. The third-order valence-electron chi connectivity index (χ3n) is 3.59. The molecule has 0 spiro atoms. The molecule has 2 aromatic rings. The monoisotopic (exact) mass is 401 g/mol. The predicted molar refractivity (Wildman–Crippen MR) is 88.4 cm³/mol. The van der Waals surface area contributed by atoms with Crippen LogP contribution < -0.4 is 0 Å². The Morgan fingerprint density at radius 3 is 2.73 bits per heavy atom. The molecule has 3 rings (SSSR count). The van der Waals surface area contributed by atoms with Crippen molar-refractivity contribution in [3.8, 4) is 0 Å². The van der Waals surface area contributed by atoms with E-state index in [2.05, 4.69) is 26.0 Å². The maximum Gasteiger partial charge on any atom is 0.314 e. The summed E-state index contributed by atoms with van der Waals surface area (Å²) in [6.07, 6.45) is 1.60. The number of carboxylic acid groups (broad SMARTS) is 1. The Morgan fingerprint density at radius 1 is 1.36 bits per heavy atom. The lowest BCUT2D eigenvalue weighted by molar-refractivity contribution is -0.140. The topological polar surface area (TPSA) is 67.5 Å². The number of nitrogens with zero attached hydrogens (tertiary/aromatic N) is 3. The third kappa shape index (κ3) is 2.45. The molecule has 0 aliphatic carbocycles. The molecule has 1 aromatic heterocycles. The molecule has 8 heteroatoms. The first kappa shape index (κ1) is 15.5. The third-order valence-corrected chi connectivity index (χ3v) is 4.89. The first-order valence-electron chi connectivity index (χ1n) is 6.36. The van der Waals surface area contributed by atoms with E-state index in [-0.39, 0.29) is 0 Å². The molecular weight excluding hydrogens is 393 g/mol. The average molecular weight is 403 g/mol. The summed E-state index contributed by atoms with van der Waals surface area (Å²) >= 11 is 15.4. The standard InChI is InChI=1S/C14H10BrCl2N3O2/c1-6-11(14(21)22)12(7-2-3-9(16)10(17)4-7)20-13(19-6)8(15)5-18-20/h2-5,11-12H,1H3,(H,21,22). The van der Waals surface area contributed by atoms with E-state index < -0.39 is 17.9 Å². The second kappa shape index (κ2) is 5.68. The minimum absolute atomic E-state index is 0.372. The smallest absolute Gasteiger partial charge is 0.314 e. The molecule has 0 radical (unpaired) electrons. The van der Waals surface area contributed by atoms with E-state index in [4.69, 9.17) is 23.2 Å². The normalized spacial score (nSPS) is 20.5. The molecule has 0 saturated carbocycles. The minimum atomic E-state index is -0.963. The van der Waals surface area contributed by atoms with Gasteiger partial charge in [0.1, 0.15) is 5.92 Å². The number of aliphatic carboxylic acids is 1. The number of aliphatic imine (C=N–C) groups is 1. The molecule has 0 saturated heterocycles. The van der Waals surface area contributed by atoms with Gasteiger partial charge in [-0.1, -0.05) is 29.3 Å².